The summed E-state index contributed by atoms with van der Waals surface area (Å²) in [6, 6.07) is 21.1. The number of imide groups is 5. The molecule has 0 radical (unpaired) electrons. The highest BCUT2D eigenvalue weighted by atomic mass is 35.5. The van der Waals surface area contributed by atoms with Gasteiger partial charge in [-0.25, -0.2) is 4.79 Å². The maximum absolute atomic E-state index is 12.3. The Morgan fingerprint density at radius 3 is 1.04 bits per heavy atom. The number of hydrogen-bond donors (Lipinski definition) is 4. The fraction of sp³-hybridized carbons (Fsp3) is 0.528. The van der Waals surface area contributed by atoms with Crippen LogP contribution in [-0.2, 0) is 14.2 Å². The van der Waals surface area contributed by atoms with E-state index >= 15 is 0 Å². The SMILES string of the molecule is CCOC(=O)N1C(=O)c2ccccc2C1=O.COC1CCC(N)CC1.COC1CCC(N2C(=O)c3ccccc3C2=O)CC1.Cl.NC1CCC(O)CC1.O=C1c2ccccc2C(=O)N1C1CCC(O)CC1. The third-order valence-electron chi connectivity index (χ3n) is 14.1. The number of aliphatic hydroxyl groups is 2. The van der Waals surface area contributed by atoms with Crippen molar-refractivity contribution >= 4 is 53.9 Å². The maximum atomic E-state index is 12.3. The molecular weight excluding hydrogens is 934 g/mol. The number of hydrogen-bond acceptors (Lipinski definition) is 14. The fourth-order valence-electron chi connectivity index (χ4n) is 9.90. The van der Waals surface area contributed by atoms with Crippen LogP contribution in [0, 0.1) is 0 Å². The average molecular weight is 1000 g/mol. The van der Waals surface area contributed by atoms with Gasteiger partial charge in [0, 0.05) is 38.4 Å². The van der Waals surface area contributed by atoms with E-state index in [1.165, 1.54) is 21.9 Å². The van der Waals surface area contributed by atoms with Gasteiger partial charge in [-0.05, 0) is 146 Å². The molecule has 7 aliphatic rings. The molecule has 10 rings (SSSR count). The van der Waals surface area contributed by atoms with E-state index in [0.29, 0.717) is 71.0 Å². The monoisotopic (exact) mass is 1000 g/mol. The summed E-state index contributed by atoms with van der Waals surface area (Å²) in [6.45, 7) is 1.72. The van der Waals surface area contributed by atoms with Crippen LogP contribution in [0.25, 0.3) is 0 Å². The van der Waals surface area contributed by atoms with Crippen LogP contribution in [0.4, 0.5) is 4.79 Å². The quantitative estimate of drug-likeness (QED) is 0.191. The third-order valence-corrected chi connectivity index (χ3v) is 14.1. The number of rotatable bonds is 5. The summed E-state index contributed by atoms with van der Waals surface area (Å²) in [5.41, 5.74) is 13.9. The Hall–Kier alpha value is -5.40. The molecule has 3 aromatic carbocycles. The summed E-state index contributed by atoms with van der Waals surface area (Å²) in [7, 11) is 3.49. The van der Waals surface area contributed by atoms with Gasteiger partial charge in [0.1, 0.15) is 0 Å². The minimum Gasteiger partial charge on any atom is -0.449 e. The molecule has 0 unspecified atom stereocenters. The fourth-order valence-corrected chi connectivity index (χ4v) is 9.90. The number of carbonyl (C=O) groups excluding carboxylic acids is 7. The first kappa shape index (κ1) is 56.5. The average Bonchev–Trinajstić information content (AvgIpc) is 3.91. The van der Waals surface area contributed by atoms with Crippen molar-refractivity contribution in [1.82, 2.24) is 14.7 Å². The van der Waals surface area contributed by atoms with Crippen molar-refractivity contribution in [2.45, 2.75) is 158 Å². The highest BCUT2D eigenvalue weighted by Crippen LogP contribution is 2.33. The molecule has 3 aromatic rings. The van der Waals surface area contributed by atoms with E-state index in [2.05, 4.69) is 4.74 Å². The van der Waals surface area contributed by atoms with Crippen LogP contribution in [0.5, 0.6) is 0 Å². The first-order valence-electron chi connectivity index (χ1n) is 24.7. The lowest BCUT2D eigenvalue weighted by atomic mass is 9.92. The summed E-state index contributed by atoms with van der Waals surface area (Å²) in [6.07, 6.45) is 14.1. The minimum atomic E-state index is -0.922. The lowest BCUT2D eigenvalue weighted by Gasteiger charge is -2.32. The van der Waals surface area contributed by atoms with Gasteiger partial charge in [-0.3, -0.25) is 38.6 Å². The molecule has 3 heterocycles. The largest absolute Gasteiger partial charge is 0.449 e. The smallest absolute Gasteiger partial charge is 0.424 e. The van der Waals surface area contributed by atoms with Crippen LogP contribution in [0.3, 0.4) is 0 Å². The highest BCUT2D eigenvalue weighted by Gasteiger charge is 2.43. The number of aliphatic hydroxyl groups excluding tert-OH is 2. The molecule has 0 bridgehead atoms. The zero-order valence-electron chi connectivity index (χ0n) is 40.9. The zero-order valence-corrected chi connectivity index (χ0v) is 41.8. The summed E-state index contributed by atoms with van der Waals surface area (Å²) in [5, 5.41) is 18.5. The number of halogens is 1. The molecule has 4 aliphatic carbocycles. The second-order valence-electron chi connectivity index (χ2n) is 18.7. The number of methoxy groups -OCH3 is 2. The standard InChI is InChI=1S/C15H17NO3.C14H15NO3.C11H9NO4.C7H15NO.C6H13NO.ClH/c1-19-11-8-6-10(7-9-11)16-14(17)12-4-2-3-5-13(12)15(16)18;16-10-7-5-9(6-8-10)15-13(17)11-3-1-2-4-12(11)14(15)18;1-2-16-11(15)12-9(13)7-5-3-4-6-8(7)10(12)14;1-9-7-4-2-6(8)3-5-7;7-5-1-3-6(8)4-2-5;/h2-5,10-11H,6-9H2,1H3;1-4,9-10,16H,5-8H2;3-6H,2H2,1H3;6-7H,2-5,8H2,1H3;5-6,8H,1-4,7H2;1H. The molecule has 6 N–H and O–H groups in total. The van der Waals surface area contributed by atoms with E-state index in [0.717, 1.165) is 77.0 Å². The third kappa shape index (κ3) is 14.0. The molecule has 0 saturated heterocycles. The molecule has 386 valence electrons. The van der Waals surface area contributed by atoms with Gasteiger partial charge in [0.25, 0.3) is 35.4 Å². The van der Waals surface area contributed by atoms with Gasteiger partial charge >= 0.3 is 6.09 Å². The first-order chi connectivity index (χ1) is 33.7. The number of nitrogens with two attached hydrogens (primary N) is 2. The van der Waals surface area contributed by atoms with Gasteiger partial charge in [0.2, 0.25) is 0 Å². The molecule has 4 fully saturated rings. The van der Waals surface area contributed by atoms with Crippen LogP contribution < -0.4 is 11.5 Å². The molecule has 4 saturated carbocycles. The Labute approximate surface area is 421 Å². The lowest BCUT2D eigenvalue weighted by Crippen LogP contribution is -2.42. The Morgan fingerprint density at radius 1 is 0.479 bits per heavy atom. The molecule has 0 aromatic heterocycles. The van der Waals surface area contributed by atoms with E-state index in [1.54, 1.807) is 81.8 Å². The first-order valence-corrected chi connectivity index (χ1v) is 24.7. The van der Waals surface area contributed by atoms with E-state index in [1.807, 2.05) is 0 Å². The zero-order chi connectivity index (χ0) is 50.5. The topological polar surface area (TPSA) is 249 Å². The predicted molar refractivity (Wildman–Crippen MR) is 266 cm³/mol. The molecule has 0 atom stereocenters. The summed E-state index contributed by atoms with van der Waals surface area (Å²) < 4.78 is 15.2. The number of carbonyl (C=O) groups is 7. The van der Waals surface area contributed by atoms with Crippen LogP contribution >= 0.6 is 12.4 Å². The van der Waals surface area contributed by atoms with Crippen molar-refractivity contribution in [3.8, 4) is 0 Å². The van der Waals surface area contributed by atoms with E-state index in [4.69, 9.17) is 26.0 Å². The Bertz CT molecular complexity index is 2200. The van der Waals surface area contributed by atoms with Crippen molar-refractivity contribution < 1.29 is 58.0 Å². The van der Waals surface area contributed by atoms with Gasteiger partial charge in [0.15, 0.2) is 0 Å². The summed E-state index contributed by atoms with van der Waals surface area (Å²) >= 11 is 0. The Balaban J connectivity index is 0.000000170. The van der Waals surface area contributed by atoms with Crippen molar-refractivity contribution in [1.29, 1.82) is 0 Å². The number of nitrogens with zero attached hydrogens (tertiary/aromatic N) is 3. The second-order valence-corrected chi connectivity index (χ2v) is 18.7. The van der Waals surface area contributed by atoms with Crippen molar-refractivity contribution in [2.75, 3.05) is 20.8 Å². The normalized spacial score (nSPS) is 26.4. The van der Waals surface area contributed by atoms with Gasteiger partial charge in [-0.1, -0.05) is 36.4 Å². The van der Waals surface area contributed by atoms with Crippen molar-refractivity contribution in [2.24, 2.45) is 11.5 Å². The molecule has 3 aliphatic heterocycles. The molecule has 71 heavy (non-hydrogen) atoms. The van der Waals surface area contributed by atoms with E-state index in [-0.39, 0.29) is 84.2 Å². The number of benzene rings is 3. The van der Waals surface area contributed by atoms with Crippen LogP contribution in [0.2, 0.25) is 0 Å². The Kier molecular flexibility index (Phi) is 21.4. The number of amides is 7. The number of fused-ring (bicyclic) bond motifs is 3. The van der Waals surface area contributed by atoms with Crippen LogP contribution in [-0.4, -0.2) is 136 Å². The predicted octanol–water partition coefficient (Wildman–Crippen LogP) is 6.84. The second kappa shape index (κ2) is 26.9. The van der Waals surface area contributed by atoms with E-state index in [9.17, 15) is 38.7 Å². The lowest BCUT2D eigenvalue weighted by molar-refractivity contribution is 0.0325. The van der Waals surface area contributed by atoms with Gasteiger partial charge < -0.3 is 35.9 Å². The van der Waals surface area contributed by atoms with Crippen molar-refractivity contribution in [3.63, 3.8) is 0 Å². The summed E-state index contributed by atoms with van der Waals surface area (Å²) in [4.78, 5) is 87.3. The van der Waals surface area contributed by atoms with Crippen LogP contribution in [0.15, 0.2) is 72.8 Å². The van der Waals surface area contributed by atoms with Crippen LogP contribution in [0.1, 0.15) is 172 Å². The molecule has 0 spiro atoms. The van der Waals surface area contributed by atoms with Gasteiger partial charge in [-0.15, -0.1) is 12.4 Å². The molecule has 7 amide bonds. The van der Waals surface area contributed by atoms with Crippen molar-refractivity contribution in [3.05, 3.63) is 106 Å². The van der Waals surface area contributed by atoms with Gasteiger partial charge in [0.05, 0.1) is 64.4 Å². The number of ether oxygens (including phenoxy) is 3. The highest BCUT2D eigenvalue weighted by molar-refractivity contribution is 6.28. The van der Waals surface area contributed by atoms with E-state index < -0.39 is 17.9 Å². The van der Waals surface area contributed by atoms with Gasteiger partial charge in [-0.2, -0.15) is 4.90 Å². The molecular formula is C53H70ClN5O12. The minimum absolute atomic E-state index is 0. The molecule has 17 nitrogen and oxygen atoms in total. The molecule has 18 heteroatoms. The summed E-state index contributed by atoms with van der Waals surface area (Å²) in [5.74, 6) is -1.89. The maximum Gasteiger partial charge on any atom is 0.424 e. The Morgan fingerprint density at radius 2 is 0.746 bits per heavy atom.